The molecule has 1 atom stereocenters. The number of nitrogens with one attached hydrogen (secondary N) is 1. The van der Waals surface area contributed by atoms with Crippen LogP contribution in [0.4, 0.5) is 0 Å². The summed E-state index contributed by atoms with van der Waals surface area (Å²) in [6, 6.07) is 0.487. The number of likely N-dealkylation sites (N-methyl/N-ethyl adjacent to an activating group) is 1. The summed E-state index contributed by atoms with van der Waals surface area (Å²) in [5.74, 6) is 0.0769. The van der Waals surface area contributed by atoms with Crippen molar-refractivity contribution in [1.82, 2.24) is 20.0 Å². The molecule has 0 bridgehead atoms. The van der Waals surface area contributed by atoms with Crippen molar-refractivity contribution in [1.29, 1.82) is 0 Å². The van der Waals surface area contributed by atoms with E-state index in [1.807, 2.05) is 4.90 Å². The van der Waals surface area contributed by atoms with Gasteiger partial charge in [0.2, 0.25) is 0 Å². The van der Waals surface area contributed by atoms with Crippen molar-refractivity contribution in [3.63, 3.8) is 0 Å². The highest BCUT2D eigenvalue weighted by Gasteiger charge is 2.28. The molecule has 82 valence electrons. The van der Waals surface area contributed by atoms with Gasteiger partial charge in [0.05, 0.1) is 11.8 Å². The van der Waals surface area contributed by atoms with Gasteiger partial charge in [0.1, 0.15) is 0 Å². The molecule has 1 aliphatic rings. The lowest BCUT2D eigenvalue weighted by Gasteiger charge is -2.19. The molecular weight excluding hydrogens is 192 g/mol. The fraction of sp³-hybridized carbons (Fsp3) is 0.600. The lowest BCUT2D eigenvalue weighted by molar-refractivity contribution is 0.0783. The molecule has 1 saturated heterocycles. The number of H-pyrrole nitrogens is 1. The van der Waals surface area contributed by atoms with Crippen LogP contribution in [0.1, 0.15) is 16.8 Å². The summed E-state index contributed by atoms with van der Waals surface area (Å²) in [7, 11) is 4.10. The Balaban J connectivity index is 1.99. The smallest absolute Gasteiger partial charge is 0.257 e. The Morgan fingerprint density at radius 3 is 3.00 bits per heavy atom. The number of amides is 1. The fourth-order valence-corrected chi connectivity index (χ4v) is 1.90. The summed E-state index contributed by atoms with van der Waals surface area (Å²) in [4.78, 5) is 16.0. The number of likely N-dealkylation sites (tertiary alicyclic amines) is 1. The number of rotatable bonds is 2. The van der Waals surface area contributed by atoms with E-state index in [1.54, 1.807) is 12.4 Å². The standard InChI is InChI=1S/C10H16N4O/c1-13(2)9-3-4-14(7-9)10(15)8-5-11-12-6-8/h5-6,9H,3-4,7H2,1-2H3,(H,11,12). The van der Waals surface area contributed by atoms with Gasteiger partial charge in [0.15, 0.2) is 0 Å². The van der Waals surface area contributed by atoms with E-state index >= 15 is 0 Å². The maximum atomic E-state index is 11.9. The molecular formula is C10H16N4O. The second-order valence-corrected chi connectivity index (χ2v) is 4.14. The first-order valence-corrected chi connectivity index (χ1v) is 5.13. The minimum Gasteiger partial charge on any atom is -0.337 e. The van der Waals surface area contributed by atoms with Crippen LogP contribution >= 0.6 is 0 Å². The van der Waals surface area contributed by atoms with Crippen LogP contribution in [0.5, 0.6) is 0 Å². The van der Waals surface area contributed by atoms with Crippen molar-refractivity contribution in [2.24, 2.45) is 0 Å². The summed E-state index contributed by atoms with van der Waals surface area (Å²) in [5, 5.41) is 6.45. The van der Waals surface area contributed by atoms with Gasteiger partial charge >= 0.3 is 0 Å². The molecule has 0 saturated carbocycles. The molecule has 0 spiro atoms. The van der Waals surface area contributed by atoms with Gasteiger partial charge in [0.25, 0.3) is 5.91 Å². The van der Waals surface area contributed by atoms with Crippen LogP contribution in [0.25, 0.3) is 0 Å². The van der Waals surface area contributed by atoms with Gasteiger partial charge in [-0.05, 0) is 20.5 Å². The topological polar surface area (TPSA) is 52.2 Å². The first kappa shape index (κ1) is 10.2. The van der Waals surface area contributed by atoms with Gasteiger partial charge in [-0.25, -0.2) is 0 Å². The van der Waals surface area contributed by atoms with E-state index < -0.39 is 0 Å². The minimum absolute atomic E-state index is 0.0769. The lowest BCUT2D eigenvalue weighted by Crippen LogP contribution is -2.34. The van der Waals surface area contributed by atoms with Crippen LogP contribution in [-0.4, -0.2) is 59.1 Å². The third kappa shape index (κ3) is 2.02. The summed E-state index contributed by atoms with van der Waals surface area (Å²) in [6.45, 7) is 1.66. The zero-order valence-electron chi connectivity index (χ0n) is 9.10. The molecule has 0 aromatic carbocycles. The largest absolute Gasteiger partial charge is 0.337 e. The molecule has 0 aliphatic carbocycles. The second-order valence-electron chi connectivity index (χ2n) is 4.14. The number of hydrogen-bond donors (Lipinski definition) is 1. The molecule has 5 nitrogen and oxygen atoms in total. The summed E-state index contributed by atoms with van der Waals surface area (Å²) >= 11 is 0. The van der Waals surface area contributed by atoms with Crippen molar-refractivity contribution in [2.45, 2.75) is 12.5 Å². The van der Waals surface area contributed by atoms with Gasteiger partial charge < -0.3 is 9.80 Å². The number of aromatic nitrogens is 2. The molecule has 1 amide bonds. The number of carbonyl (C=O) groups excluding carboxylic acids is 1. The third-order valence-corrected chi connectivity index (χ3v) is 2.93. The zero-order chi connectivity index (χ0) is 10.8. The predicted octanol–water partition coefficient (Wildman–Crippen LogP) is 0.186. The normalized spacial score (nSPS) is 21.3. The Bertz CT molecular complexity index is 333. The Morgan fingerprint density at radius 1 is 1.67 bits per heavy atom. The molecule has 0 radical (unpaired) electrons. The van der Waals surface area contributed by atoms with Crippen LogP contribution in [0, 0.1) is 0 Å². The molecule has 1 aliphatic heterocycles. The summed E-state index contributed by atoms with van der Waals surface area (Å²) in [6.07, 6.45) is 4.27. The Kier molecular flexibility index (Phi) is 2.73. The Labute approximate surface area is 89.1 Å². The average Bonchev–Trinajstić information content (AvgIpc) is 2.88. The minimum atomic E-state index is 0.0769. The van der Waals surface area contributed by atoms with Gasteiger partial charge in [-0.15, -0.1) is 0 Å². The first-order valence-electron chi connectivity index (χ1n) is 5.13. The maximum Gasteiger partial charge on any atom is 0.257 e. The lowest BCUT2D eigenvalue weighted by atomic mass is 10.2. The van der Waals surface area contributed by atoms with E-state index in [4.69, 9.17) is 0 Å². The fourth-order valence-electron chi connectivity index (χ4n) is 1.90. The molecule has 1 aromatic rings. The van der Waals surface area contributed by atoms with Crippen molar-refractivity contribution >= 4 is 5.91 Å². The zero-order valence-corrected chi connectivity index (χ0v) is 9.10. The third-order valence-electron chi connectivity index (χ3n) is 2.93. The van der Waals surface area contributed by atoms with Crippen LogP contribution in [0.15, 0.2) is 12.4 Å². The quantitative estimate of drug-likeness (QED) is 0.754. The summed E-state index contributed by atoms with van der Waals surface area (Å²) < 4.78 is 0. The molecule has 2 heterocycles. The monoisotopic (exact) mass is 208 g/mol. The van der Waals surface area contributed by atoms with Gasteiger partial charge in [-0.1, -0.05) is 0 Å². The van der Waals surface area contributed by atoms with E-state index in [1.165, 1.54) is 0 Å². The van der Waals surface area contributed by atoms with Crippen molar-refractivity contribution in [3.05, 3.63) is 18.0 Å². The molecule has 2 rings (SSSR count). The Hall–Kier alpha value is -1.36. The number of carbonyl (C=O) groups is 1. The van der Waals surface area contributed by atoms with Gasteiger partial charge in [-0.3, -0.25) is 9.89 Å². The average molecular weight is 208 g/mol. The van der Waals surface area contributed by atoms with E-state index in [0.717, 1.165) is 19.5 Å². The molecule has 5 heteroatoms. The van der Waals surface area contributed by atoms with Gasteiger partial charge in [-0.2, -0.15) is 5.10 Å². The van der Waals surface area contributed by atoms with Crippen molar-refractivity contribution in [2.75, 3.05) is 27.2 Å². The second kappa shape index (κ2) is 4.02. The number of aromatic amines is 1. The summed E-state index contributed by atoms with van der Waals surface area (Å²) in [5.41, 5.74) is 0.648. The molecule has 1 N–H and O–H groups in total. The predicted molar refractivity (Wildman–Crippen MR) is 56.6 cm³/mol. The van der Waals surface area contributed by atoms with E-state index in [9.17, 15) is 4.79 Å². The van der Waals surface area contributed by atoms with Crippen LogP contribution in [0.2, 0.25) is 0 Å². The molecule has 1 aromatic heterocycles. The van der Waals surface area contributed by atoms with Crippen LogP contribution < -0.4 is 0 Å². The SMILES string of the molecule is CN(C)C1CCN(C(=O)c2cn[nH]c2)C1. The van der Waals surface area contributed by atoms with E-state index in [0.29, 0.717) is 11.6 Å². The van der Waals surface area contributed by atoms with Crippen molar-refractivity contribution in [3.8, 4) is 0 Å². The van der Waals surface area contributed by atoms with Gasteiger partial charge in [0, 0.05) is 25.3 Å². The first-order chi connectivity index (χ1) is 7.18. The van der Waals surface area contributed by atoms with Crippen LogP contribution in [-0.2, 0) is 0 Å². The highest BCUT2D eigenvalue weighted by molar-refractivity contribution is 5.93. The Morgan fingerprint density at radius 2 is 2.47 bits per heavy atom. The molecule has 1 unspecified atom stereocenters. The number of nitrogens with zero attached hydrogens (tertiary/aromatic N) is 3. The number of hydrogen-bond acceptors (Lipinski definition) is 3. The maximum absolute atomic E-state index is 11.9. The highest BCUT2D eigenvalue weighted by atomic mass is 16.2. The van der Waals surface area contributed by atoms with Crippen molar-refractivity contribution < 1.29 is 4.79 Å². The van der Waals surface area contributed by atoms with E-state index in [2.05, 4.69) is 29.2 Å². The van der Waals surface area contributed by atoms with E-state index in [-0.39, 0.29) is 5.91 Å². The highest BCUT2D eigenvalue weighted by Crippen LogP contribution is 2.15. The molecule has 15 heavy (non-hydrogen) atoms. The molecule has 1 fully saturated rings. The van der Waals surface area contributed by atoms with Crippen LogP contribution in [0.3, 0.4) is 0 Å².